The van der Waals surface area contributed by atoms with Crippen molar-refractivity contribution in [3.8, 4) is 11.4 Å². The van der Waals surface area contributed by atoms with E-state index in [1.54, 1.807) is 0 Å². The SMILES string of the molecule is CCc1nc(-c2cc(F)c(F)cc2C(=O)O)n[nH]1. The number of aromatic amines is 1. The third kappa shape index (κ3) is 2.06. The largest absolute Gasteiger partial charge is 0.478 e. The number of aryl methyl sites for hydroxylation is 1. The van der Waals surface area contributed by atoms with Crippen LogP contribution in [0.3, 0.4) is 0 Å². The van der Waals surface area contributed by atoms with Gasteiger partial charge in [0, 0.05) is 12.0 Å². The fourth-order valence-electron chi connectivity index (χ4n) is 1.48. The summed E-state index contributed by atoms with van der Waals surface area (Å²) in [6.45, 7) is 1.83. The molecular formula is C11H9F2N3O2. The van der Waals surface area contributed by atoms with Crippen LogP contribution in [0.2, 0.25) is 0 Å². The zero-order valence-electron chi connectivity index (χ0n) is 9.37. The summed E-state index contributed by atoms with van der Waals surface area (Å²) < 4.78 is 26.2. The van der Waals surface area contributed by atoms with Crippen LogP contribution >= 0.6 is 0 Å². The van der Waals surface area contributed by atoms with Crippen molar-refractivity contribution in [2.45, 2.75) is 13.3 Å². The maximum atomic E-state index is 13.2. The molecule has 2 N–H and O–H groups in total. The number of carboxylic acid groups (broad SMARTS) is 1. The van der Waals surface area contributed by atoms with Gasteiger partial charge >= 0.3 is 5.97 Å². The molecule has 0 saturated carbocycles. The minimum Gasteiger partial charge on any atom is -0.478 e. The molecule has 1 heterocycles. The number of hydrogen-bond acceptors (Lipinski definition) is 3. The maximum absolute atomic E-state index is 13.2. The lowest BCUT2D eigenvalue weighted by Gasteiger charge is -2.03. The van der Waals surface area contributed by atoms with Crippen LogP contribution in [-0.4, -0.2) is 26.3 Å². The first-order chi connectivity index (χ1) is 8.52. The maximum Gasteiger partial charge on any atom is 0.336 e. The van der Waals surface area contributed by atoms with Gasteiger partial charge in [0.1, 0.15) is 5.82 Å². The van der Waals surface area contributed by atoms with Gasteiger partial charge in [0.2, 0.25) is 0 Å². The fourth-order valence-corrected chi connectivity index (χ4v) is 1.48. The number of nitrogens with one attached hydrogen (secondary N) is 1. The topological polar surface area (TPSA) is 78.9 Å². The van der Waals surface area contributed by atoms with Crippen molar-refractivity contribution < 1.29 is 18.7 Å². The van der Waals surface area contributed by atoms with Crippen LogP contribution in [0.25, 0.3) is 11.4 Å². The van der Waals surface area contributed by atoms with Crippen molar-refractivity contribution in [3.63, 3.8) is 0 Å². The van der Waals surface area contributed by atoms with Gasteiger partial charge in [-0.3, -0.25) is 5.10 Å². The second-order valence-corrected chi connectivity index (χ2v) is 3.58. The highest BCUT2D eigenvalue weighted by molar-refractivity contribution is 5.95. The van der Waals surface area contributed by atoms with Crippen molar-refractivity contribution in [3.05, 3.63) is 35.2 Å². The standard InChI is InChI=1S/C11H9F2N3O2/c1-2-9-14-10(16-15-9)5-3-7(12)8(13)4-6(5)11(17)18/h3-4H,2H2,1H3,(H,17,18)(H,14,15,16). The van der Waals surface area contributed by atoms with Crippen LogP contribution in [0.1, 0.15) is 23.1 Å². The number of benzene rings is 1. The average Bonchev–Trinajstić information content (AvgIpc) is 2.80. The van der Waals surface area contributed by atoms with E-state index in [9.17, 15) is 13.6 Å². The quantitative estimate of drug-likeness (QED) is 0.876. The van der Waals surface area contributed by atoms with Gasteiger partial charge in [-0.15, -0.1) is 0 Å². The first kappa shape index (κ1) is 12.2. The molecule has 0 aliphatic rings. The van der Waals surface area contributed by atoms with E-state index in [-0.39, 0.29) is 17.0 Å². The Bertz CT molecular complexity index is 610. The molecule has 0 radical (unpaired) electrons. The predicted molar refractivity (Wildman–Crippen MR) is 58.1 cm³/mol. The lowest BCUT2D eigenvalue weighted by atomic mass is 10.1. The molecule has 2 rings (SSSR count). The Labute approximate surface area is 100 Å². The summed E-state index contributed by atoms with van der Waals surface area (Å²) in [5.74, 6) is -3.17. The van der Waals surface area contributed by atoms with Crippen LogP contribution in [0, 0.1) is 11.6 Å². The van der Waals surface area contributed by atoms with Crippen LogP contribution in [0.5, 0.6) is 0 Å². The molecule has 1 aromatic heterocycles. The van der Waals surface area contributed by atoms with Crippen LogP contribution < -0.4 is 0 Å². The van der Waals surface area contributed by atoms with Gasteiger partial charge in [-0.1, -0.05) is 6.92 Å². The van der Waals surface area contributed by atoms with E-state index in [1.807, 2.05) is 6.92 Å². The summed E-state index contributed by atoms with van der Waals surface area (Å²) in [5.41, 5.74) is -0.437. The number of halogens is 2. The Kier molecular flexibility index (Phi) is 3.05. The number of aromatic nitrogens is 3. The molecule has 0 amide bonds. The zero-order valence-corrected chi connectivity index (χ0v) is 9.37. The molecule has 0 saturated heterocycles. The van der Waals surface area contributed by atoms with E-state index in [0.717, 1.165) is 6.07 Å². The fraction of sp³-hybridized carbons (Fsp3) is 0.182. The van der Waals surface area contributed by atoms with Crippen molar-refractivity contribution in [2.24, 2.45) is 0 Å². The summed E-state index contributed by atoms with van der Waals surface area (Å²) in [7, 11) is 0. The average molecular weight is 253 g/mol. The summed E-state index contributed by atoms with van der Waals surface area (Å²) in [4.78, 5) is 15.0. The van der Waals surface area contributed by atoms with Gasteiger partial charge in [-0.25, -0.2) is 18.6 Å². The summed E-state index contributed by atoms with van der Waals surface area (Å²) in [6.07, 6.45) is 0.569. The van der Waals surface area contributed by atoms with E-state index in [4.69, 9.17) is 5.11 Å². The van der Waals surface area contributed by atoms with E-state index in [0.29, 0.717) is 18.3 Å². The Morgan fingerprint density at radius 3 is 2.61 bits per heavy atom. The van der Waals surface area contributed by atoms with Crippen LogP contribution in [0.15, 0.2) is 12.1 Å². The highest BCUT2D eigenvalue weighted by atomic mass is 19.2. The van der Waals surface area contributed by atoms with Gasteiger partial charge in [0.05, 0.1) is 5.56 Å². The second-order valence-electron chi connectivity index (χ2n) is 3.58. The predicted octanol–water partition coefficient (Wildman–Crippen LogP) is 2.01. The summed E-state index contributed by atoms with van der Waals surface area (Å²) in [5, 5.41) is 15.3. The lowest BCUT2D eigenvalue weighted by molar-refractivity contribution is 0.0697. The highest BCUT2D eigenvalue weighted by Gasteiger charge is 2.19. The van der Waals surface area contributed by atoms with Crippen molar-refractivity contribution >= 4 is 5.97 Å². The van der Waals surface area contributed by atoms with Gasteiger partial charge in [-0.2, -0.15) is 5.10 Å². The smallest absolute Gasteiger partial charge is 0.336 e. The molecule has 0 bridgehead atoms. The number of aromatic carboxylic acids is 1. The molecule has 0 unspecified atom stereocenters. The minimum absolute atomic E-state index is 0.0307. The number of H-pyrrole nitrogens is 1. The number of hydrogen-bond donors (Lipinski definition) is 2. The minimum atomic E-state index is -1.37. The molecule has 18 heavy (non-hydrogen) atoms. The van der Waals surface area contributed by atoms with Crippen LogP contribution in [-0.2, 0) is 6.42 Å². The zero-order chi connectivity index (χ0) is 13.3. The third-order valence-corrected chi connectivity index (χ3v) is 2.40. The van der Waals surface area contributed by atoms with Crippen molar-refractivity contribution in [2.75, 3.05) is 0 Å². The van der Waals surface area contributed by atoms with E-state index in [1.165, 1.54) is 0 Å². The molecule has 1 aromatic carbocycles. The molecule has 94 valence electrons. The Morgan fingerprint density at radius 1 is 1.39 bits per heavy atom. The molecule has 2 aromatic rings. The van der Waals surface area contributed by atoms with Gasteiger partial charge in [0.15, 0.2) is 17.5 Å². The Hall–Kier alpha value is -2.31. The molecule has 7 heteroatoms. The van der Waals surface area contributed by atoms with Crippen LogP contribution in [0.4, 0.5) is 8.78 Å². The Balaban J connectivity index is 2.61. The molecule has 5 nitrogen and oxygen atoms in total. The molecule has 0 spiro atoms. The number of carbonyl (C=O) groups is 1. The Morgan fingerprint density at radius 2 is 2.06 bits per heavy atom. The van der Waals surface area contributed by atoms with Gasteiger partial charge < -0.3 is 5.11 Å². The molecule has 0 atom stereocenters. The van der Waals surface area contributed by atoms with Crippen molar-refractivity contribution in [1.82, 2.24) is 15.2 Å². The molecule has 0 fully saturated rings. The lowest BCUT2D eigenvalue weighted by Crippen LogP contribution is -2.03. The summed E-state index contributed by atoms with van der Waals surface area (Å²) in [6, 6.07) is 1.40. The first-order valence-electron chi connectivity index (χ1n) is 5.17. The normalized spacial score (nSPS) is 10.6. The first-order valence-corrected chi connectivity index (χ1v) is 5.17. The van der Waals surface area contributed by atoms with Gasteiger partial charge in [-0.05, 0) is 12.1 Å². The van der Waals surface area contributed by atoms with E-state index in [2.05, 4.69) is 15.2 Å². The number of nitrogens with zero attached hydrogens (tertiary/aromatic N) is 2. The number of carboxylic acids is 1. The van der Waals surface area contributed by atoms with Crippen molar-refractivity contribution in [1.29, 1.82) is 0 Å². The second kappa shape index (κ2) is 4.52. The van der Waals surface area contributed by atoms with E-state index >= 15 is 0 Å². The highest BCUT2D eigenvalue weighted by Crippen LogP contribution is 2.23. The summed E-state index contributed by atoms with van der Waals surface area (Å²) >= 11 is 0. The van der Waals surface area contributed by atoms with E-state index < -0.39 is 17.6 Å². The number of rotatable bonds is 3. The molecule has 0 aliphatic heterocycles. The molecular weight excluding hydrogens is 244 g/mol. The monoisotopic (exact) mass is 253 g/mol. The third-order valence-electron chi connectivity index (χ3n) is 2.40. The van der Waals surface area contributed by atoms with Gasteiger partial charge in [0.25, 0.3) is 0 Å². The molecule has 0 aliphatic carbocycles.